The standard InChI is InChI=1S/C22H31N3O3S/c1-4-19(26)23-12-10-22(11-13-23)20(27)24(21(28)25(22)16-17(2)3)14-15-29-18-8-6-5-7-9-18/h5-9,17H,4,10-16H2,1-3H3. The van der Waals surface area contributed by atoms with E-state index >= 15 is 0 Å². The molecule has 4 amide bonds. The van der Waals surface area contributed by atoms with E-state index in [9.17, 15) is 14.4 Å². The van der Waals surface area contributed by atoms with Crippen LogP contribution in [0.1, 0.15) is 40.0 Å². The fourth-order valence-corrected chi connectivity index (χ4v) is 5.06. The largest absolute Gasteiger partial charge is 0.343 e. The summed E-state index contributed by atoms with van der Waals surface area (Å²) in [6, 6.07) is 9.84. The molecule has 2 aliphatic rings. The Hall–Kier alpha value is -2.02. The molecule has 1 aromatic rings. The molecule has 3 rings (SSSR count). The predicted octanol–water partition coefficient (Wildman–Crippen LogP) is 3.47. The molecule has 29 heavy (non-hydrogen) atoms. The molecule has 6 nitrogen and oxygen atoms in total. The maximum atomic E-state index is 13.4. The second kappa shape index (κ2) is 9.20. The van der Waals surface area contributed by atoms with E-state index in [-0.39, 0.29) is 23.8 Å². The Bertz CT molecular complexity index is 745. The summed E-state index contributed by atoms with van der Waals surface area (Å²) in [5, 5.41) is 0. The monoisotopic (exact) mass is 417 g/mol. The number of imide groups is 1. The molecule has 2 aliphatic heterocycles. The van der Waals surface area contributed by atoms with Gasteiger partial charge < -0.3 is 9.80 Å². The normalized spacial score (nSPS) is 19.0. The molecule has 0 aliphatic carbocycles. The van der Waals surface area contributed by atoms with Crippen LogP contribution in [-0.2, 0) is 9.59 Å². The molecule has 0 N–H and O–H groups in total. The summed E-state index contributed by atoms with van der Waals surface area (Å²) in [7, 11) is 0. The van der Waals surface area contributed by atoms with E-state index in [1.165, 1.54) is 4.90 Å². The third-order valence-corrected chi connectivity index (χ3v) is 6.73. The highest BCUT2D eigenvalue weighted by molar-refractivity contribution is 7.99. The van der Waals surface area contributed by atoms with Gasteiger partial charge in [0.05, 0.1) is 0 Å². The first-order chi connectivity index (χ1) is 13.9. The molecule has 0 radical (unpaired) electrons. The third kappa shape index (κ3) is 4.44. The molecular formula is C22H31N3O3S. The summed E-state index contributed by atoms with van der Waals surface area (Å²) >= 11 is 1.65. The number of rotatable bonds is 7. The smallest absolute Gasteiger partial charge is 0.327 e. The van der Waals surface area contributed by atoms with Crippen molar-refractivity contribution >= 4 is 29.6 Å². The van der Waals surface area contributed by atoms with E-state index in [4.69, 9.17) is 0 Å². The number of carbonyl (C=O) groups is 3. The number of hydrogen-bond donors (Lipinski definition) is 0. The minimum atomic E-state index is -0.788. The summed E-state index contributed by atoms with van der Waals surface area (Å²) in [5.74, 6) is 0.981. The summed E-state index contributed by atoms with van der Waals surface area (Å²) in [6.45, 7) is 8.03. The van der Waals surface area contributed by atoms with Gasteiger partial charge in [-0.25, -0.2) is 4.79 Å². The zero-order valence-corrected chi connectivity index (χ0v) is 18.4. The van der Waals surface area contributed by atoms with E-state index in [0.717, 1.165) is 4.90 Å². The molecule has 1 spiro atoms. The van der Waals surface area contributed by atoms with Crippen molar-refractivity contribution < 1.29 is 14.4 Å². The lowest BCUT2D eigenvalue weighted by Gasteiger charge is -2.42. The molecule has 0 bridgehead atoms. The zero-order valence-electron chi connectivity index (χ0n) is 17.6. The predicted molar refractivity (Wildman–Crippen MR) is 115 cm³/mol. The van der Waals surface area contributed by atoms with E-state index in [2.05, 4.69) is 13.8 Å². The number of benzene rings is 1. The maximum Gasteiger partial charge on any atom is 0.327 e. The number of hydrogen-bond acceptors (Lipinski definition) is 4. The number of urea groups is 1. The van der Waals surface area contributed by atoms with E-state index in [0.29, 0.717) is 51.2 Å². The van der Waals surface area contributed by atoms with Crippen LogP contribution in [0.25, 0.3) is 0 Å². The summed E-state index contributed by atoms with van der Waals surface area (Å²) < 4.78 is 0. The first kappa shape index (κ1) is 21.7. The van der Waals surface area contributed by atoms with Crippen LogP contribution >= 0.6 is 11.8 Å². The average Bonchev–Trinajstić information content (AvgIpc) is 2.90. The maximum absolute atomic E-state index is 13.4. The van der Waals surface area contributed by atoms with Crippen molar-refractivity contribution in [2.45, 2.75) is 50.5 Å². The lowest BCUT2D eigenvalue weighted by atomic mass is 9.85. The Balaban J connectivity index is 1.72. The topological polar surface area (TPSA) is 60.9 Å². The van der Waals surface area contributed by atoms with Gasteiger partial charge in [0.2, 0.25) is 5.91 Å². The van der Waals surface area contributed by atoms with Gasteiger partial charge >= 0.3 is 6.03 Å². The van der Waals surface area contributed by atoms with Crippen LogP contribution in [0.4, 0.5) is 4.79 Å². The van der Waals surface area contributed by atoms with Crippen molar-refractivity contribution in [1.29, 1.82) is 0 Å². The van der Waals surface area contributed by atoms with Gasteiger partial charge in [-0.2, -0.15) is 0 Å². The zero-order chi connectivity index (χ0) is 21.0. The highest BCUT2D eigenvalue weighted by atomic mass is 32.2. The van der Waals surface area contributed by atoms with Crippen LogP contribution in [0.5, 0.6) is 0 Å². The molecule has 2 saturated heterocycles. The minimum absolute atomic E-state index is 0.0830. The second-order valence-corrected chi connectivity index (χ2v) is 9.34. The Kier molecular flexibility index (Phi) is 6.88. The SMILES string of the molecule is CCC(=O)N1CCC2(CC1)C(=O)N(CCSc1ccccc1)C(=O)N2CC(C)C. The van der Waals surface area contributed by atoms with E-state index < -0.39 is 5.54 Å². The minimum Gasteiger partial charge on any atom is -0.343 e. The van der Waals surface area contributed by atoms with Gasteiger partial charge in [-0.15, -0.1) is 11.8 Å². The van der Waals surface area contributed by atoms with Crippen LogP contribution in [0.3, 0.4) is 0 Å². The molecule has 0 unspecified atom stereocenters. The van der Waals surface area contributed by atoms with Gasteiger partial charge in [0.15, 0.2) is 0 Å². The molecule has 7 heteroatoms. The lowest BCUT2D eigenvalue weighted by molar-refractivity contribution is -0.140. The van der Waals surface area contributed by atoms with Crippen molar-refractivity contribution in [3.63, 3.8) is 0 Å². The van der Waals surface area contributed by atoms with Crippen molar-refractivity contribution in [2.24, 2.45) is 5.92 Å². The van der Waals surface area contributed by atoms with Crippen molar-refractivity contribution in [1.82, 2.24) is 14.7 Å². The fraction of sp³-hybridized carbons (Fsp3) is 0.591. The summed E-state index contributed by atoms with van der Waals surface area (Å²) in [6.07, 6.45) is 1.52. The number of piperidine rings is 1. The van der Waals surface area contributed by atoms with Gasteiger partial charge in [0, 0.05) is 43.2 Å². The molecule has 2 fully saturated rings. The van der Waals surface area contributed by atoms with E-state index in [1.54, 1.807) is 16.7 Å². The first-order valence-corrected chi connectivity index (χ1v) is 11.5. The van der Waals surface area contributed by atoms with Gasteiger partial charge in [-0.05, 0) is 30.9 Å². The molecule has 2 heterocycles. The average molecular weight is 418 g/mol. The number of likely N-dealkylation sites (tertiary alicyclic amines) is 1. The molecule has 0 aromatic heterocycles. The Morgan fingerprint density at radius 3 is 2.38 bits per heavy atom. The van der Waals surface area contributed by atoms with Crippen LogP contribution in [0, 0.1) is 5.92 Å². The second-order valence-electron chi connectivity index (χ2n) is 8.17. The Morgan fingerprint density at radius 2 is 1.79 bits per heavy atom. The lowest BCUT2D eigenvalue weighted by Crippen LogP contribution is -2.58. The quantitative estimate of drug-likeness (QED) is 0.503. The fourth-order valence-electron chi connectivity index (χ4n) is 4.20. The number of carbonyl (C=O) groups excluding carboxylic acids is 3. The third-order valence-electron chi connectivity index (χ3n) is 5.74. The van der Waals surface area contributed by atoms with Gasteiger partial charge in [-0.1, -0.05) is 39.0 Å². The molecule has 0 saturated carbocycles. The molecule has 158 valence electrons. The van der Waals surface area contributed by atoms with Crippen LogP contribution < -0.4 is 0 Å². The Morgan fingerprint density at radius 1 is 1.14 bits per heavy atom. The van der Waals surface area contributed by atoms with Crippen LogP contribution in [0.2, 0.25) is 0 Å². The summed E-state index contributed by atoms with van der Waals surface area (Å²) in [4.78, 5) is 44.9. The van der Waals surface area contributed by atoms with E-state index in [1.807, 2.05) is 42.2 Å². The molecular weight excluding hydrogens is 386 g/mol. The van der Waals surface area contributed by atoms with Crippen LogP contribution in [0.15, 0.2) is 35.2 Å². The molecule has 1 aromatic carbocycles. The van der Waals surface area contributed by atoms with Gasteiger partial charge in [0.1, 0.15) is 5.54 Å². The van der Waals surface area contributed by atoms with Crippen LogP contribution in [-0.4, -0.2) is 70.0 Å². The highest BCUT2D eigenvalue weighted by Gasteiger charge is 2.57. The number of nitrogens with zero attached hydrogens (tertiary/aromatic N) is 3. The molecule has 0 atom stereocenters. The first-order valence-electron chi connectivity index (χ1n) is 10.5. The number of amides is 4. The van der Waals surface area contributed by atoms with Crippen molar-refractivity contribution in [3.8, 4) is 0 Å². The Labute approximate surface area is 177 Å². The highest BCUT2D eigenvalue weighted by Crippen LogP contribution is 2.38. The van der Waals surface area contributed by atoms with Gasteiger partial charge in [-0.3, -0.25) is 14.5 Å². The van der Waals surface area contributed by atoms with Gasteiger partial charge in [0.25, 0.3) is 5.91 Å². The van der Waals surface area contributed by atoms with Crippen molar-refractivity contribution in [2.75, 3.05) is 31.9 Å². The number of thioether (sulfide) groups is 1. The summed E-state index contributed by atoms with van der Waals surface area (Å²) in [5.41, 5.74) is -0.788. The van der Waals surface area contributed by atoms with Crippen molar-refractivity contribution in [3.05, 3.63) is 30.3 Å².